The maximum Gasteiger partial charge on any atom is 0.260 e. The fourth-order valence-corrected chi connectivity index (χ4v) is 2.29. The molecule has 0 atom stereocenters. The van der Waals surface area contributed by atoms with Crippen LogP contribution in [0.2, 0.25) is 0 Å². The number of amides is 2. The molecular formula is C16H16FN3O4. The van der Waals surface area contributed by atoms with E-state index in [1.807, 2.05) is 0 Å². The average Bonchev–Trinajstić information content (AvgIpc) is 2.90. The van der Waals surface area contributed by atoms with Gasteiger partial charge < -0.3 is 19.5 Å². The number of anilines is 1. The minimum atomic E-state index is -0.519. The number of aryl methyl sites for hydroxylation is 1. The number of carbonyl (C=O) groups excluding carboxylic acids is 2. The Morgan fingerprint density at radius 3 is 2.83 bits per heavy atom. The Morgan fingerprint density at radius 1 is 1.42 bits per heavy atom. The first-order valence-electron chi connectivity index (χ1n) is 7.42. The Labute approximate surface area is 137 Å². The number of nitrogens with zero attached hydrogens (tertiary/aromatic N) is 2. The molecule has 0 saturated carbocycles. The number of hydrogen-bond acceptors (Lipinski definition) is 5. The molecule has 24 heavy (non-hydrogen) atoms. The lowest BCUT2D eigenvalue weighted by molar-refractivity contribution is -0.143. The molecule has 0 radical (unpaired) electrons. The molecule has 1 N–H and O–H groups in total. The summed E-state index contributed by atoms with van der Waals surface area (Å²) < 4.78 is 23.4. The van der Waals surface area contributed by atoms with Gasteiger partial charge in [0.05, 0.1) is 5.92 Å². The minimum Gasteiger partial charge on any atom is -0.481 e. The molecule has 1 aromatic heterocycles. The fourth-order valence-electron chi connectivity index (χ4n) is 2.29. The third-order valence-electron chi connectivity index (χ3n) is 3.67. The Balaban J connectivity index is 1.43. The van der Waals surface area contributed by atoms with Crippen molar-refractivity contribution in [2.45, 2.75) is 6.92 Å². The van der Waals surface area contributed by atoms with Gasteiger partial charge >= 0.3 is 0 Å². The molecule has 8 heteroatoms. The zero-order valence-electron chi connectivity index (χ0n) is 13.0. The molecule has 3 rings (SSSR count). The highest BCUT2D eigenvalue weighted by molar-refractivity contribution is 5.94. The lowest BCUT2D eigenvalue weighted by atomic mass is 9.99. The number of likely N-dealkylation sites (tertiary alicyclic amines) is 1. The molecular weight excluding hydrogens is 317 g/mol. The normalized spacial score (nSPS) is 14.2. The highest BCUT2D eigenvalue weighted by Gasteiger charge is 2.36. The largest absolute Gasteiger partial charge is 0.481 e. The van der Waals surface area contributed by atoms with Crippen molar-refractivity contribution in [2.24, 2.45) is 5.92 Å². The van der Waals surface area contributed by atoms with Crippen LogP contribution in [-0.4, -0.2) is 41.6 Å². The van der Waals surface area contributed by atoms with E-state index in [2.05, 4.69) is 10.5 Å². The van der Waals surface area contributed by atoms with Crippen molar-refractivity contribution >= 4 is 17.6 Å². The summed E-state index contributed by atoms with van der Waals surface area (Å²) in [5.74, 6) is -0.358. The van der Waals surface area contributed by atoms with Crippen LogP contribution in [0.4, 0.5) is 10.2 Å². The van der Waals surface area contributed by atoms with Crippen LogP contribution < -0.4 is 10.1 Å². The predicted octanol–water partition coefficient (Wildman–Crippen LogP) is 1.60. The second kappa shape index (κ2) is 6.69. The molecule has 2 amide bonds. The summed E-state index contributed by atoms with van der Waals surface area (Å²) in [6.07, 6.45) is 0. The number of rotatable bonds is 5. The lowest BCUT2D eigenvalue weighted by Gasteiger charge is -2.37. The van der Waals surface area contributed by atoms with Crippen molar-refractivity contribution in [3.63, 3.8) is 0 Å². The van der Waals surface area contributed by atoms with Crippen molar-refractivity contribution in [3.8, 4) is 5.75 Å². The van der Waals surface area contributed by atoms with E-state index in [4.69, 9.17) is 9.26 Å². The Bertz CT molecular complexity index is 755. The number of para-hydroxylation sites is 1. The summed E-state index contributed by atoms with van der Waals surface area (Å²) in [6, 6.07) is 7.49. The Hall–Kier alpha value is -2.90. The molecule has 126 valence electrons. The van der Waals surface area contributed by atoms with Gasteiger partial charge in [-0.3, -0.25) is 9.59 Å². The Morgan fingerprint density at radius 2 is 2.17 bits per heavy atom. The Kier molecular flexibility index (Phi) is 4.45. The van der Waals surface area contributed by atoms with Crippen LogP contribution >= 0.6 is 0 Å². The van der Waals surface area contributed by atoms with E-state index >= 15 is 0 Å². The number of nitrogens with one attached hydrogen (secondary N) is 1. The second-order valence-corrected chi connectivity index (χ2v) is 5.53. The summed E-state index contributed by atoms with van der Waals surface area (Å²) >= 11 is 0. The van der Waals surface area contributed by atoms with Gasteiger partial charge in [-0.2, -0.15) is 0 Å². The van der Waals surface area contributed by atoms with Crippen LogP contribution in [0.1, 0.15) is 5.76 Å². The van der Waals surface area contributed by atoms with Gasteiger partial charge in [0.2, 0.25) is 5.91 Å². The lowest BCUT2D eigenvalue weighted by Crippen LogP contribution is -2.55. The third-order valence-corrected chi connectivity index (χ3v) is 3.67. The van der Waals surface area contributed by atoms with Crippen molar-refractivity contribution in [1.82, 2.24) is 10.1 Å². The number of aromatic nitrogens is 1. The fraction of sp³-hybridized carbons (Fsp3) is 0.312. The van der Waals surface area contributed by atoms with Crippen LogP contribution in [-0.2, 0) is 9.59 Å². The molecule has 0 aliphatic carbocycles. The van der Waals surface area contributed by atoms with Crippen LogP contribution in [0.15, 0.2) is 34.9 Å². The SMILES string of the molecule is Cc1cc(NC(=O)C2CN(C(=O)COc3ccccc3F)C2)no1. The molecule has 2 heterocycles. The predicted molar refractivity (Wildman–Crippen MR) is 81.8 cm³/mol. The van der Waals surface area contributed by atoms with Crippen molar-refractivity contribution in [1.29, 1.82) is 0 Å². The molecule has 7 nitrogen and oxygen atoms in total. The van der Waals surface area contributed by atoms with Gasteiger partial charge in [0, 0.05) is 19.2 Å². The first-order chi connectivity index (χ1) is 11.5. The topological polar surface area (TPSA) is 84.7 Å². The first kappa shape index (κ1) is 16.0. The summed E-state index contributed by atoms with van der Waals surface area (Å²) in [6.45, 7) is 2.05. The molecule has 1 saturated heterocycles. The van der Waals surface area contributed by atoms with Crippen molar-refractivity contribution < 1.29 is 23.2 Å². The monoisotopic (exact) mass is 333 g/mol. The average molecular weight is 333 g/mol. The van der Waals surface area contributed by atoms with Gasteiger partial charge in [-0.05, 0) is 19.1 Å². The molecule has 0 spiro atoms. The summed E-state index contributed by atoms with van der Waals surface area (Å²) in [7, 11) is 0. The molecule has 1 aliphatic heterocycles. The van der Waals surface area contributed by atoms with Gasteiger partial charge in [-0.25, -0.2) is 4.39 Å². The van der Waals surface area contributed by atoms with Crippen LogP contribution in [0.5, 0.6) is 5.75 Å². The van der Waals surface area contributed by atoms with E-state index in [-0.39, 0.29) is 30.1 Å². The quantitative estimate of drug-likeness (QED) is 0.898. The van der Waals surface area contributed by atoms with Gasteiger partial charge in [0.25, 0.3) is 5.91 Å². The van der Waals surface area contributed by atoms with E-state index in [1.54, 1.807) is 25.1 Å². The minimum absolute atomic E-state index is 0.0297. The third kappa shape index (κ3) is 3.53. The molecule has 0 unspecified atom stereocenters. The molecule has 1 fully saturated rings. The number of ether oxygens (including phenoxy) is 1. The van der Waals surface area contributed by atoms with Gasteiger partial charge in [-0.1, -0.05) is 17.3 Å². The maximum absolute atomic E-state index is 13.4. The summed E-state index contributed by atoms with van der Waals surface area (Å²) in [5.41, 5.74) is 0. The van der Waals surface area contributed by atoms with Crippen molar-refractivity contribution in [2.75, 3.05) is 25.0 Å². The van der Waals surface area contributed by atoms with E-state index in [0.717, 1.165) is 0 Å². The first-order valence-corrected chi connectivity index (χ1v) is 7.42. The number of hydrogen-bond donors (Lipinski definition) is 1. The zero-order valence-corrected chi connectivity index (χ0v) is 13.0. The molecule has 2 aromatic rings. The highest BCUT2D eigenvalue weighted by atomic mass is 19.1. The maximum atomic E-state index is 13.4. The van der Waals surface area contributed by atoms with Gasteiger partial charge in [0.15, 0.2) is 24.0 Å². The molecule has 1 aliphatic rings. The van der Waals surface area contributed by atoms with Gasteiger partial charge in [-0.15, -0.1) is 0 Å². The van der Waals surface area contributed by atoms with Crippen LogP contribution in [0.3, 0.4) is 0 Å². The zero-order chi connectivity index (χ0) is 17.1. The number of carbonyl (C=O) groups is 2. The number of halogens is 1. The number of benzene rings is 1. The van der Waals surface area contributed by atoms with E-state index in [0.29, 0.717) is 24.7 Å². The summed E-state index contributed by atoms with van der Waals surface area (Å²) in [4.78, 5) is 25.4. The molecule has 1 aromatic carbocycles. The second-order valence-electron chi connectivity index (χ2n) is 5.53. The van der Waals surface area contributed by atoms with Crippen molar-refractivity contribution in [3.05, 3.63) is 41.9 Å². The van der Waals surface area contributed by atoms with E-state index in [9.17, 15) is 14.0 Å². The smallest absolute Gasteiger partial charge is 0.260 e. The van der Waals surface area contributed by atoms with Crippen LogP contribution in [0.25, 0.3) is 0 Å². The van der Waals surface area contributed by atoms with E-state index in [1.165, 1.54) is 17.0 Å². The summed E-state index contributed by atoms with van der Waals surface area (Å²) in [5, 5.41) is 6.31. The van der Waals surface area contributed by atoms with Gasteiger partial charge in [0.1, 0.15) is 5.76 Å². The standard InChI is InChI=1S/C16H16FN3O4/c1-10-6-14(19-24-10)18-16(22)11-7-20(8-11)15(21)9-23-13-5-3-2-4-12(13)17/h2-6,11H,7-9H2,1H3,(H,18,19,22). The molecule has 0 bridgehead atoms. The van der Waals surface area contributed by atoms with E-state index < -0.39 is 5.82 Å². The highest BCUT2D eigenvalue weighted by Crippen LogP contribution is 2.20. The van der Waals surface area contributed by atoms with Crippen LogP contribution in [0, 0.1) is 18.7 Å².